The summed E-state index contributed by atoms with van der Waals surface area (Å²) in [6.45, 7) is 0. The maximum absolute atomic E-state index is 11.8. The number of amides is 1. The van der Waals surface area contributed by atoms with E-state index < -0.39 is 0 Å². The summed E-state index contributed by atoms with van der Waals surface area (Å²) in [6.07, 6.45) is 1.63. The Labute approximate surface area is 142 Å². The second-order valence-electron chi connectivity index (χ2n) is 4.03. The van der Waals surface area contributed by atoms with Gasteiger partial charge in [0.25, 0.3) is 5.22 Å². The van der Waals surface area contributed by atoms with Crippen LogP contribution < -0.4 is 5.32 Å². The molecule has 0 atom stereocenters. The molecule has 0 aliphatic heterocycles. The first-order chi connectivity index (χ1) is 10.7. The largest absolute Gasteiger partial charge is 0.411 e. The van der Waals surface area contributed by atoms with Crippen molar-refractivity contribution in [3.05, 3.63) is 40.3 Å². The fourth-order valence-electron chi connectivity index (χ4n) is 1.58. The lowest BCUT2D eigenvalue weighted by molar-refractivity contribution is -0.113. The van der Waals surface area contributed by atoms with Crippen LogP contribution in [0.25, 0.3) is 11.5 Å². The van der Waals surface area contributed by atoms with Crippen LogP contribution in [0.3, 0.4) is 0 Å². The second-order valence-corrected chi connectivity index (χ2v) is 6.70. The fraction of sp³-hybridized carbons (Fsp3) is 0.0769. The molecule has 0 bridgehead atoms. The van der Waals surface area contributed by atoms with E-state index in [0.29, 0.717) is 16.2 Å². The molecule has 1 aromatic carbocycles. The van der Waals surface area contributed by atoms with Gasteiger partial charge in [0, 0.05) is 16.0 Å². The Bertz CT molecular complexity index is 776. The van der Waals surface area contributed by atoms with Gasteiger partial charge in [0.1, 0.15) is 0 Å². The zero-order valence-electron chi connectivity index (χ0n) is 11.0. The third-order valence-corrected chi connectivity index (χ3v) is 4.71. The number of nitrogens with zero attached hydrogens (tertiary/aromatic N) is 3. The second kappa shape index (κ2) is 7.03. The molecular formula is C13H9BrN4O2S2. The van der Waals surface area contributed by atoms with Crippen LogP contribution in [0, 0.1) is 0 Å². The van der Waals surface area contributed by atoms with Crippen molar-refractivity contribution >= 4 is 50.1 Å². The van der Waals surface area contributed by atoms with Gasteiger partial charge in [-0.1, -0.05) is 23.9 Å². The van der Waals surface area contributed by atoms with E-state index in [2.05, 4.69) is 36.4 Å². The Kier molecular flexibility index (Phi) is 4.86. The maximum atomic E-state index is 11.8. The molecule has 22 heavy (non-hydrogen) atoms. The number of thiazole rings is 1. The molecule has 2 heterocycles. The van der Waals surface area contributed by atoms with Crippen molar-refractivity contribution in [2.45, 2.75) is 5.22 Å². The molecule has 0 unspecified atom stereocenters. The van der Waals surface area contributed by atoms with E-state index >= 15 is 0 Å². The van der Waals surface area contributed by atoms with Crippen molar-refractivity contribution in [1.29, 1.82) is 0 Å². The first-order valence-corrected chi connectivity index (χ1v) is 8.79. The Balaban J connectivity index is 1.60. The van der Waals surface area contributed by atoms with Gasteiger partial charge in [0.05, 0.1) is 11.3 Å². The third kappa shape index (κ3) is 3.73. The molecule has 6 nitrogen and oxygen atoms in total. The molecule has 1 N–H and O–H groups in total. The van der Waals surface area contributed by atoms with E-state index in [0.717, 1.165) is 10.0 Å². The van der Waals surface area contributed by atoms with Gasteiger partial charge in [0.15, 0.2) is 5.13 Å². The standard InChI is InChI=1S/C13H9BrN4O2S2/c14-9-4-2-1-3-8(9)11-17-18-13(20-11)22-7-10(19)16-12-15-5-6-21-12/h1-6H,7H2,(H,15,16,19). The van der Waals surface area contributed by atoms with Crippen LogP contribution in [-0.4, -0.2) is 26.8 Å². The first-order valence-electron chi connectivity index (χ1n) is 6.13. The number of rotatable bonds is 5. The van der Waals surface area contributed by atoms with Crippen LogP contribution in [0.2, 0.25) is 0 Å². The lowest BCUT2D eigenvalue weighted by Crippen LogP contribution is -2.13. The molecule has 3 rings (SSSR count). The highest BCUT2D eigenvalue weighted by Gasteiger charge is 2.13. The van der Waals surface area contributed by atoms with Crippen molar-refractivity contribution in [1.82, 2.24) is 15.2 Å². The number of aromatic nitrogens is 3. The smallest absolute Gasteiger partial charge is 0.277 e. The van der Waals surface area contributed by atoms with Crippen LogP contribution in [0.5, 0.6) is 0 Å². The average molecular weight is 397 g/mol. The molecular weight excluding hydrogens is 388 g/mol. The molecule has 0 aliphatic rings. The fourth-order valence-corrected chi connectivity index (χ4v) is 3.14. The lowest BCUT2D eigenvalue weighted by atomic mass is 10.2. The number of hydrogen-bond acceptors (Lipinski definition) is 7. The first kappa shape index (κ1) is 15.2. The summed E-state index contributed by atoms with van der Waals surface area (Å²) in [5, 5.41) is 13.3. The number of nitrogens with one attached hydrogen (secondary N) is 1. The number of halogens is 1. The van der Waals surface area contributed by atoms with Gasteiger partial charge in [-0.3, -0.25) is 4.79 Å². The molecule has 0 spiro atoms. The number of anilines is 1. The average Bonchev–Trinajstić information content (AvgIpc) is 3.17. The molecule has 0 saturated heterocycles. The summed E-state index contributed by atoms with van der Waals surface area (Å²) in [5.74, 6) is 0.424. The topological polar surface area (TPSA) is 80.9 Å². The molecule has 0 saturated carbocycles. The molecule has 9 heteroatoms. The number of carbonyl (C=O) groups is 1. The molecule has 2 aromatic heterocycles. The van der Waals surface area contributed by atoms with Gasteiger partial charge in [0.2, 0.25) is 11.8 Å². The molecule has 3 aromatic rings. The van der Waals surface area contributed by atoms with Gasteiger partial charge in [-0.15, -0.1) is 21.5 Å². The van der Waals surface area contributed by atoms with Crippen LogP contribution in [0.4, 0.5) is 5.13 Å². The zero-order chi connectivity index (χ0) is 15.4. The highest BCUT2D eigenvalue weighted by Crippen LogP contribution is 2.28. The number of thioether (sulfide) groups is 1. The Morgan fingerprint density at radius 3 is 3.00 bits per heavy atom. The van der Waals surface area contributed by atoms with Crippen LogP contribution >= 0.6 is 39.0 Å². The number of carbonyl (C=O) groups excluding carboxylic acids is 1. The Morgan fingerprint density at radius 2 is 2.23 bits per heavy atom. The van der Waals surface area contributed by atoms with E-state index in [1.807, 2.05) is 24.3 Å². The summed E-state index contributed by atoms with van der Waals surface area (Å²) in [5.41, 5.74) is 0.814. The quantitative estimate of drug-likeness (QED) is 0.662. The van der Waals surface area contributed by atoms with E-state index in [4.69, 9.17) is 4.42 Å². The predicted octanol–water partition coefficient (Wildman–Crippen LogP) is 3.69. The Hall–Kier alpha value is -1.71. The summed E-state index contributed by atoms with van der Waals surface area (Å²) >= 11 is 5.98. The summed E-state index contributed by atoms with van der Waals surface area (Å²) < 4.78 is 6.43. The maximum Gasteiger partial charge on any atom is 0.277 e. The van der Waals surface area contributed by atoms with E-state index in [1.165, 1.54) is 23.1 Å². The van der Waals surface area contributed by atoms with Crippen molar-refractivity contribution in [2.24, 2.45) is 0 Å². The minimum atomic E-state index is -0.166. The van der Waals surface area contributed by atoms with Crippen molar-refractivity contribution in [3.63, 3.8) is 0 Å². The lowest BCUT2D eigenvalue weighted by Gasteiger charge is -1.99. The van der Waals surface area contributed by atoms with Gasteiger partial charge < -0.3 is 9.73 Å². The molecule has 112 valence electrons. The minimum absolute atomic E-state index is 0.166. The van der Waals surface area contributed by atoms with Crippen molar-refractivity contribution in [3.8, 4) is 11.5 Å². The van der Waals surface area contributed by atoms with Gasteiger partial charge in [-0.05, 0) is 28.1 Å². The van der Waals surface area contributed by atoms with Crippen LogP contribution in [0.15, 0.2) is 50.0 Å². The molecule has 1 amide bonds. The SMILES string of the molecule is O=C(CSc1nnc(-c2ccccc2Br)o1)Nc1nccs1. The highest BCUT2D eigenvalue weighted by molar-refractivity contribution is 9.10. The predicted molar refractivity (Wildman–Crippen MR) is 88.9 cm³/mol. The summed E-state index contributed by atoms with van der Waals surface area (Å²) in [4.78, 5) is 15.7. The van der Waals surface area contributed by atoms with Crippen molar-refractivity contribution in [2.75, 3.05) is 11.1 Å². The summed E-state index contributed by atoms with van der Waals surface area (Å²) in [6, 6.07) is 7.57. The van der Waals surface area contributed by atoms with Gasteiger partial charge in [-0.25, -0.2) is 4.98 Å². The van der Waals surface area contributed by atoms with E-state index in [-0.39, 0.29) is 11.7 Å². The monoisotopic (exact) mass is 396 g/mol. The van der Waals surface area contributed by atoms with Gasteiger partial charge >= 0.3 is 0 Å². The molecule has 0 aliphatic carbocycles. The Morgan fingerprint density at radius 1 is 1.36 bits per heavy atom. The van der Waals surface area contributed by atoms with E-state index in [9.17, 15) is 4.79 Å². The molecule has 0 fully saturated rings. The summed E-state index contributed by atoms with van der Waals surface area (Å²) in [7, 11) is 0. The van der Waals surface area contributed by atoms with Crippen LogP contribution in [-0.2, 0) is 4.79 Å². The zero-order valence-corrected chi connectivity index (χ0v) is 14.2. The number of benzene rings is 1. The van der Waals surface area contributed by atoms with E-state index in [1.54, 1.807) is 11.6 Å². The number of hydrogen-bond donors (Lipinski definition) is 1. The minimum Gasteiger partial charge on any atom is -0.411 e. The third-order valence-electron chi connectivity index (χ3n) is 2.52. The van der Waals surface area contributed by atoms with Crippen molar-refractivity contribution < 1.29 is 9.21 Å². The highest BCUT2D eigenvalue weighted by atomic mass is 79.9. The van der Waals surface area contributed by atoms with Gasteiger partial charge in [-0.2, -0.15) is 0 Å². The molecule has 0 radical (unpaired) electrons. The normalized spacial score (nSPS) is 10.6. The van der Waals surface area contributed by atoms with Crippen LogP contribution in [0.1, 0.15) is 0 Å².